The Bertz CT molecular complexity index is 976. The first-order chi connectivity index (χ1) is 13.8. The summed E-state index contributed by atoms with van der Waals surface area (Å²) in [5, 5.41) is 2.73. The van der Waals surface area contributed by atoms with Crippen molar-refractivity contribution in [3.8, 4) is 5.75 Å². The van der Waals surface area contributed by atoms with Gasteiger partial charge in [-0.25, -0.2) is 12.8 Å². The van der Waals surface area contributed by atoms with E-state index in [2.05, 4.69) is 5.32 Å². The van der Waals surface area contributed by atoms with Gasteiger partial charge in [-0.05, 0) is 62.2 Å². The second-order valence-corrected chi connectivity index (χ2v) is 9.16. The van der Waals surface area contributed by atoms with Crippen LogP contribution < -0.4 is 10.1 Å². The molecule has 0 aliphatic carbocycles. The molecule has 1 fully saturated rings. The molecule has 156 valence electrons. The second kappa shape index (κ2) is 9.11. The Balaban J connectivity index is 1.63. The maximum absolute atomic E-state index is 13.1. The zero-order valence-electron chi connectivity index (χ0n) is 15.9. The summed E-state index contributed by atoms with van der Waals surface area (Å²) >= 11 is 5.91. The topological polar surface area (TPSA) is 75.7 Å². The molecular weight excluding hydrogens is 419 g/mol. The van der Waals surface area contributed by atoms with Crippen molar-refractivity contribution in [2.75, 3.05) is 18.4 Å². The Kier molecular flexibility index (Phi) is 6.77. The number of carbonyl (C=O) groups excluding carboxylic acids is 1. The smallest absolute Gasteiger partial charge is 0.265 e. The first-order valence-electron chi connectivity index (χ1n) is 9.30. The summed E-state index contributed by atoms with van der Waals surface area (Å²) in [5.41, 5.74) is 0.438. The third-order valence-corrected chi connectivity index (χ3v) is 6.85. The molecule has 0 unspecified atom stereocenters. The number of piperidine rings is 1. The van der Waals surface area contributed by atoms with E-state index in [0.29, 0.717) is 18.8 Å². The lowest BCUT2D eigenvalue weighted by atomic mass is 10.2. The molecule has 0 radical (unpaired) electrons. The monoisotopic (exact) mass is 440 g/mol. The average molecular weight is 441 g/mol. The first kappa shape index (κ1) is 21.5. The van der Waals surface area contributed by atoms with Crippen molar-refractivity contribution >= 4 is 33.2 Å². The van der Waals surface area contributed by atoms with E-state index in [1.54, 1.807) is 0 Å². The number of halogens is 2. The number of rotatable bonds is 6. The Morgan fingerprint density at radius 1 is 1.14 bits per heavy atom. The number of nitrogens with one attached hydrogen (secondary N) is 1. The molecule has 0 aromatic heterocycles. The highest BCUT2D eigenvalue weighted by atomic mass is 35.5. The van der Waals surface area contributed by atoms with Gasteiger partial charge in [-0.2, -0.15) is 4.31 Å². The molecular formula is C20H22ClFN2O4S. The quantitative estimate of drug-likeness (QED) is 0.735. The number of benzene rings is 2. The molecule has 0 saturated carbocycles. The first-order valence-corrected chi connectivity index (χ1v) is 11.1. The predicted molar refractivity (Wildman–Crippen MR) is 109 cm³/mol. The van der Waals surface area contributed by atoms with Gasteiger partial charge in [0.05, 0.1) is 9.92 Å². The Labute approximate surface area is 174 Å². The lowest BCUT2D eigenvalue weighted by molar-refractivity contribution is -0.122. The normalized spacial score (nSPS) is 16.2. The van der Waals surface area contributed by atoms with Gasteiger partial charge in [0.25, 0.3) is 5.91 Å². The molecule has 1 saturated heterocycles. The van der Waals surface area contributed by atoms with Gasteiger partial charge < -0.3 is 10.1 Å². The highest BCUT2D eigenvalue weighted by Crippen LogP contribution is 2.26. The molecule has 1 atom stereocenters. The lowest BCUT2D eigenvalue weighted by Gasteiger charge is -2.25. The zero-order valence-corrected chi connectivity index (χ0v) is 17.5. The highest BCUT2D eigenvalue weighted by Gasteiger charge is 2.26. The van der Waals surface area contributed by atoms with Gasteiger partial charge in [-0.15, -0.1) is 0 Å². The minimum Gasteiger partial charge on any atom is -0.479 e. The van der Waals surface area contributed by atoms with Gasteiger partial charge in [0, 0.05) is 18.8 Å². The van der Waals surface area contributed by atoms with Crippen molar-refractivity contribution in [2.24, 2.45) is 0 Å². The van der Waals surface area contributed by atoms with Crippen LogP contribution in [-0.4, -0.2) is 37.8 Å². The van der Waals surface area contributed by atoms with Crippen LogP contribution in [0, 0.1) is 5.82 Å². The van der Waals surface area contributed by atoms with Gasteiger partial charge >= 0.3 is 0 Å². The van der Waals surface area contributed by atoms with Gasteiger partial charge in [0.2, 0.25) is 10.0 Å². The summed E-state index contributed by atoms with van der Waals surface area (Å²) in [6, 6.07) is 9.65. The predicted octanol–water partition coefficient (Wildman–Crippen LogP) is 4.06. The molecule has 0 spiro atoms. The van der Waals surface area contributed by atoms with Crippen LogP contribution in [0.1, 0.15) is 26.2 Å². The van der Waals surface area contributed by atoms with E-state index < -0.39 is 27.9 Å². The van der Waals surface area contributed by atoms with E-state index in [-0.39, 0.29) is 15.7 Å². The Morgan fingerprint density at radius 3 is 2.41 bits per heavy atom. The molecule has 29 heavy (non-hydrogen) atoms. The summed E-state index contributed by atoms with van der Waals surface area (Å²) in [6.45, 7) is 2.59. The summed E-state index contributed by atoms with van der Waals surface area (Å²) in [7, 11) is -3.52. The third kappa shape index (κ3) is 5.26. The molecule has 9 heteroatoms. The molecule has 6 nitrogen and oxygen atoms in total. The largest absolute Gasteiger partial charge is 0.479 e. The molecule has 1 heterocycles. The van der Waals surface area contributed by atoms with E-state index in [0.717, 1.165) is 25.3 Å². The van der Waals surface area contributed by atoms with Crippen molar-refractivity contribution < 1.29 is 22.3 Å². The number of amides is 1. The Hall–Kier alpha value is -2.16. The minimum atomic E-state index is -3.52. The lowest BCUT2D eigenvalue weighted by Crippen LogP contribution is -2.35. The van der Waals surface area contributed by atoms with E-state index in [1.807, 2.05) is 0 Å². The van der Waals surface area contributed by atoms with Crippen molar-refractivity contribution in [1.29, 1.82) is 0 Å². The molecule has 1 aliphatic heterocycles. The zero-order chi connectivity index (χ0) is 21.0. The minimum absolute atomic E-state index is 0.0666. The second-order valence-electron chi connectivity index (χ2n) is 6.81. The number of carbonyl (C=O) groups is 1. The van der Waals surface area contributed by atoms with E-state index >= 15 is 0 Å². The molecule has 2 aromatic carbocycles. The number of hydrogen-bond acceptors (Lipinski definition) is 4. The molecule has 3 rings (SSSR count). The van der Waals surface area contributed by atoms with E-state index in [1.165, 1.54) is 47.6 Å². The van der Waals surface area contributed by atoms with Gasteiger partial charge in [-0.1, -0.05) is 18.0 Å². The number of ether oxygens (including phenoxy) is 1. The van der Waals surface area contributed by atoms with Gasteiger partial charge in [0.1, 0.15) is 11.6 Å². The third-order valence-electron chi connectivity index (χ3n) is 4.64. The molecule has 1 N–H and O–H groups in total. The molecule has 1 amide bonds. The average Bonchev–Trinajstić information content (AvgIpc) is 2.71. The van der Waals surface area contributed by atoms with Crippen LogP contribution in [0.5, 0.6) is 5.75 Å². The van der Waals surface area contributed by atoms with Gasteiger partial charge in [0.15, 0.2) is 6.10 Å². The maximum Gasteiger partial charge on any atom is 0.265 e. The number of anilines is 1. The van der Waals surface area contributed by atoms with Crippen LogP contribution in [0.25, 0.3) is 0 Å². The fraction of sp³-hybridized carbons (Fsp3) is 0.350. The van der Waals surface area contributed by atoms with Crippen LogP contribution in [0.4, 0.5) is 10.1 Å². The van der Waals surface area contributed by atoms with Crippen molar-refractivity contribution in [3.63, 3.8) is 0 Å². The Morgan fingerprint density at radius 2 is 1.79 bits per heavy atom. The fourth-order valence-electron chi connectivity index (χ4n) is 3.02. The van der Waals surface area contributed by atoms with E-state index in [4.69, 9.17) is 16.3 Å². The van der Waals surface area contributed by atoms with Gasteiger partial charge in [-0.3, -0.25) is 4.79 Å². The van der Waals surface area contributed by atoms with Crippen LogP contribution in [0.2, 0.25) is 5.02 Å². The van der Waals surface area contributed by atoms with Crippen LogP contribution in [0.15, 0.2) is 47.4 Å². The fourth-order valence-corrected chi connectivity index (χ4v) is 4.75. The summed E-state index contributed by atoms with van der Waals surface area (Å²) < 4.78 is 45.4. The SMILES string of the molecule is C[C@@H](Oc1ccc(F)cc1Cl)C(=O)Nc1ccc(S(=O)(=O)N2CCCCC2)cc1. The maximum atomic E-state index is 13.1. The van der Waals surface area contributed by atoms with E-state index in [9.17, 15) is 17.6 Å². The molecule has 0 bridgehead atoms. The van der Waals surface area contributed by atoms with Crippen LogP contribution in [-0.2, 0) is 14.8 Å². The van der Waals surface area contributed by atoms with Crippen molar-refractivity contribution in [2.45, 2.75) is 37.2 Å². The van der Waals surface area contributed by atoms with Crippen LogP contribution in [0.3, 0.4) is 0 Å². The van der Waals surface area contributed by atoms with Crippen molar-refractivity contribution in [3.05, 3.63) is 53.3 Å². The highest BCUT2D eigenvalue weighted by molar-refractivity contribution is 7.89. The molecule has 1 aliphatic rings. The molecule has 2 aromatic rings. The summed E-state index contributed by atoms with van der Waals surface area (Å²) in [6.07, 6.45) is 1.88. The number of hydrogen-bond donors (Lipinski definition) is 1. The van der Waals surface area contributed by atoms with Crippen molar-refractivity contribution in [1.82, 2.24) is 4.31 Å². The standard InChI is InChI=1S/C20H22ClFN2O4S/c1-14(28-19-10-5-15(22)13-18(19)21)20(25)23-16-6-8-17(9-7-16)29(26,27)24-11-3-2-4-12-24/h5-10,13-14H,2-4,11-12H2,1H3,(H,23,25)/t14-/m1/s1. The number of sulfonamides is 1. The number of nitrogens with zero attached hydrogens (tertiary/aromatic N) is 1. The summed E-state index contributed by atoms with van der Waals surface area (Å²) in [4.78, 5) is 12.5. The summed E-state index contributed by atoms with van der Waals surface area (Å²) in [5.74, 6) is -0.755. The van der Waals surface area contributed by atoms with Crippen LogP contribution >= 0.6 is 11.6 Å².